The highest BCUT2D eigenvalue weighted by atomic mass is 35.5. The number of unbranched alkanes of at least 4 members (excludes halogenated alkanes) is 2. The Morgan fingerprint density at radius 3 is 2.97 bits per heavy atom. The molecule has 0 bridgehead atoms. The lowest BCUT2D eigenvalue weighted by Crippen LogP contribution is -2.29. The van der Waals surface area contributed by atoms with E-state index < -0.39 is 0 Å². The van der Waals surface area contributed by atoms with E-state index in [4.69, 9.17) is 16.3 Å². The monoisotopic (exact) mass is 465 g/mol. The van der Waals surface area contributed by atoms with Gasteiger partial charge in [0, 0.05) is 46.8 Å². The minimum absolute atomic E-state index is 0.766. The van der Waals surface area contributed by atoms with Crippen molar-refractivity contribution >= 4 is 49.6 Å². The summed E-state index contributed by atoms with van der Waals surface area (Å²) in [7, 11) is 0. The average molecular weight is 466 g/mol. The van der Waals surface area contributed by atoms with Crippen LogP contribution in [0, 0.1) is 6.92 Å². The second-order valence-corrected chi connectivity index (χ2v) is 10.1. The van der Waals surface area contributed by atoms with Gasteiger partial charge in [0.05, 0.1) is 21.8 Å². The molecular formula is C26H28ClN3OS. The van der Waals surface area contributed by atoms with E-state index in [2.05, 4.69) is 57.5 Å². The third-order valence-electron chi connectivity index (χ3n) is 6.14. The Kier molecular flexibility index (Phi) is 6.49. The molecule has 0 amide bonds. The highest BCUT2D eigenvalue weighted by Gasteiger charge is 2.15. The van der Waals surface area contributed by atoms with Crippen LogP contribution in [0.5, 0.6) is 5.75 Å². The molecule has 2 aromatic heterocycles. The van der Waals surface area contributed by atoms with Crippen LogP contribution in [0.15, 0.2) is 48.7 Å². The number of ether oxygens (including phenoxy) is 1. The molecule has 0 radical (unpaired) electrons. The minimum atomic E-state index is 0.766. The van der Waals surface area contributed by atoms with E-state index in [0.717, 1.165) is 65.9 Å². The topological polar surface area (TPSA) is 41.1 Å². The number of fused-ring (bicyclic) bond motifs is 2. The number of halogens is 1. The van der Waals surface area contributed by atoms with Crippen LogP contribution in [-0.4, -0.2) is 41.1 Å². The molecule has 1 N–H and O–H groups in total. The second-order valence-electron chi connectivity index (χ2n) is 8.44. The number of benzene rings is 2. The number of nitrogens with zero attached hydrogens (tertiary/aromatic N) is 2. The number of hydrogen-bond acceptors (Lipinski definition) is 4. The smallest absolute Gasteiger partial charge is 0.121 e. The fourth-order valence-corrected chi connectivity index (χ4v) is 5.41. The normalized spacial score (nSPS) is 14.9. The van der Waals surface area contributed by atoms with Gasteiger partial charge in [-0.2, -0.15) is 0 Å². The van der Waals surface area contributed by atoms with E-state index in [1.807, 2.05) is 13.0 Å². The molecular weight excluding hydrogens is 438 g/mol. The first kappa shape index (κ1) is 21.5. The third kappa shape index (κ3) is 4.85. The van der Waals surface area contributed by atoms with E-state index in [1.165, 1.54) is 34.1 Å². The molecule has 3 heterocycles. The van der Waals surface area contributed by atoms with Gasteiger partial charge in [0.15, 0.2) is 0 Å². The molecule has 1 aliphatic heterocycles. The van der Waals surface area contributed by atoms with Crippen molar-refractivity contribution < 1.29 is 4.74 Å². The van der Waals surface area contributed by atoms with Crippen molar-refractivity contribution in [2.75, 3.05) is 26.2 Å². The zero-order valence-corrected chi connectivity index (χ0v) is 19.9. The Morgan fingerprint density at radius 1 is 1.16 bits per heavy atom. The summed E-state index contributed by atoms with van der Waals surface area (Å²) < 4.78 is 7.17. The minimum Gasteiger partial charge on any atom is -0.494 e. The quantitative estimate of drug-likeness (QED) is 0.283. The summed E-state index contributed by atoms with van der Waals surface area (Å²) in [6.45, 7) is 6.09. The predicted octanol–water partition coefficient (Wildman–Crippen LogP) is 7.08. The average Bonchev–Trinajstić information content (AvgIpc) is 3.38. The summed E-state index contributed by atoms with van der Waals surface area (Å²) in [5.74, 6) is 0.926. The lowest BCUT2D eigenvalue weighted by molar-refractivity contribution is 0.276. The number of rotatable bonds is 8. The maximum absolute atomic E-state index is 6.21. The lowest BCUT2D eigenvalue weighted by Gasteiger charge is -2.26. The Bertz CT molecular complexity index is 1260. The van der Waals surface area contributed by atoms with E-state index in [1.54, 1.807) is 11.3 Å². The number of aryl methyl sites for hydroxylation is 1. The molecule has 0 atom stereocenters. The van der Waals surface area contributed by atoms with Gasteiger partial charge < -0.3 is 9.72 Å². The molecule has 0 saturated heterocycles. The molecule has 32 heavy (non-hydrogen) atoms. The van der Waals surface area contributed by atoms with Crippen LogP contribution in [0.4, 0.5) is 0 Å². The van der Waals surface area contributed by atoms with Crippen molar-refractivity contribution in [2.24, 2.45) is 0 Å². The SMILES string of the molecule is Cc1nc2cc(OCCCCCN3CC=C(c4c[nH]c5ccc(Cl)cc45)CC3)ccc2s1. The molecule has 4 aromatic rings. The molecule has 0 unspecified atom stereocenters. The lowest BCUT2D eigenvalue weighted by atomic mass is 9.99. The van der Waals surface area contributed by atoms with Gasteiger partial charge in [0.25, 0.3) is 0 Å². The number of thiazole rings is 1. The van der Waals surface area contributed by atoms with Crippen molar-refractivity contribution in [1.29, 1.82) is 0 Å². The Labute approximate surface area is 197 Å². The zero-order chi connectivity index (χ0) is 21.9. The molecule has 5 rings (SSSR count). The van der Waals surface area contributed by atoms with Gasteiger partial charge in [-0.05, 0) is 75.1 Å². The summed E-state index contributed by atoms with van der Waals surface area (Å²) in [5, 5.41) is 3.11. The maximum atomic E-state index is 6.21. The van der Waals surface area contributed by atoms with Gasteiger partial charge in [0.1, 0.15) is 5.75 Å². The van der Waals surface area contributed by atoms with Gasteiger partial charge in [0.2, 0.25) is 0 Å². The standard InChI is InChI=1S/C26H28ClN3OS/c1-18-29-25-16-21(6-8-26(25)32-18)31-14-4-2-3-11-30-12-9-19(10-13-30)23-17-28-24-7-5-20(27)15-22(23)24/h5-9,15-17,28H,2-4,10-14H2,1H3. The van der Waals surface area contributed by atoms with Crippen molar-refractivity contribution in [2.45, 2.75) is 32.6 Å². The first-order chi connectivity index (χ1) is 15.7. The van der Waals surface area contributed by atoms with Crippen LogP contribution < -0.4 is 4.74 Å². The van der Waals surface area contributed by atoms with Gasteiger partial charge in [-0.3, -0.25) is 4.90 Å². The summed E-state index contributed by atoms with van der Waals surface area (Å²) in [4.78, 5) is 10.5. The van der Waals surface area contributed by atoms with Crippen LogP contribution in [-0.2, 0) is 0 Å². The summed E-state index contributed by atoms with van der Waals surface area (Å²) in [6.07, 6.45) is 9.06. The van der Waals surface area contributed by atoms with Crippen molar-refractivity contribution in [1.82, 2.24) is 14.9 Å². The van der Waals surface area contributed by atoms with E-state index in [0.29, 0.717) is 0 Å². The second kappa shape index (κ2) is 9.65. The third-order valence-corrected chi connectivity index (χ3v) is 7.32. The molecule has 166 valence electrons. The van der Waals surface area contributed by atoms with Crippen LogP contribution >= 0.6 is 22.9 Å². The van der Waals surface area contributed by atoms with Crippen LogP contribution in [0.2, 0.25) is 5.02 Å². The van der Waals surface area contributed by atoms with Gasteiger partial charge >= 0.3 is 0 Å². The molecule has 1 aliphatic rings. The summed E-state index contributed by atoms with van der Waals surface area (Å²) >= 11 is 7.94. The number of hydrogen-bond donors (Lipinski definition) is 1. The molecule has 2 aromatic carbocycles. The van der Waals surface area contributed by atoms with Crippen LogP contribution in [0.3, 0.4) is 0 Å². The van der Waals surface area contributed by atoms with E-state index in [9.17, 15) is 0 Å². The molecule has 0 spiro atoms. The zero-order valence-electron chi connectivity index (χ0n) is 18.4. The molecule has 4 nitrogen and oxygen atoms in total. The number of nitrogens with one attached hydrogen (secondary N) is 1. The molecule has 0 aliphatic carbocycles. The highest BCUT2D eigenvalue weighted by Crippen LogP contribution is 2.31. The maximum Gasteiger partial charge on any atom is 0.121 e. The fraction of sp³-hybridized carbons (Fsp3) is 0.346. The molecule has 0 saturated carbocycles. The highest BCUT2D eigenvalue weighted by molar-refractivity contribution is 7.18. The van der Waals surface area contributed by atoms with E-state index in [-0.39, 0.29) is 0 Å². The largest absolute Gasteiger partial charge is 0.494 e. The number of aromatic amines is 1. The van der Waals surface area contributed by atoms with Crippen molar-refractivity contribution in [3.63, 3.8) is 0 Å². The Balaban J connectivity index is 1.04. The first-order valence-electron chi connectivity index (χ1n) is 11.3. The van der Waals surface area contributed by atoms with Gasteiger partial charge in [-0.25, -0.2) is 4.98 Å². The summed E-state index contributed by atoms with van der Waals surface area (Å²) in [5.41, 5.74) is 4.91. The van der Waals surface area contributed by atoms with Gasteiger partial charge in [-0.15, -0.1) is 11.3 Å². The summed E-state index contributed by atoms with van der Waals surface area (Å²) in [6, 6.07) is 12.3. The number of aromatic nitrogens is 2. The van der Waals surface area contributed by atoms with Crippen LogP contribution in [0.25, 0.3) is 26.7 Å². The molecule has 0 fully saturated rings. The predicted molar refractivity (Wildman–Crippen MR) is 136 cm³/mol. The van der Waals surface area contributed by atoms with Crippen molar-refractivity contribution in [3.8, 4) is 5.75 Å². The Morgan fingerprint density at radius 2 is 2.09 bits per heavy atom. The molecule has 6 heteroatoms. The van der Waals surface area contributed by atoms with Crippen LogP contribution in [0.1, 0.15) is 36.3 Å². The Hall–Kier alpha value is -2.34. The van der Waals surface area contributed by atoms with Crippen molar-refractivity contribution in [3.05, 3.63) is 64.3 Å². The van der Waals surface area contributed by atoms with Gasteiger partial charge in [-0.1, -0.05) is 17.7 Å². The number of H-pyrrole nitrogens is 1. The first-order valence-corrected chi connectivity index (χ1v) is 12.5. The fourth-order valence-electron chi connectivity index (χ4n) is 4.43. The van der Waals surface area contributed by atoms with E-state index >= 15 is 0 Å².